The molecule has 11 heavy (non-hydrogen) atoms. The number of ether oxygens (including phenoxy) is 1. The van der Waals surface area contributed by atoms with Crippen LogP contribution in [-0.4, -0.2) is 5.97 Å². The highest BCUT2D eigenvalue weighted by molar-refractivity contribution is 5.69. The minimum atomic E-state index is -0.108. The largest absolute Gasteiger partial charge is 0.458 e. The lowest BCUT2D eigenvalue weighted by Gasteiger charge is -2.00. The molecule has 0 rings (SSSR count). The van der Waals surface area contributed by atoms with Crippen LogP contribution in [0.3, 0.4) is 0 Å². The molecule has 0 saturated carbocycles. The molecule has 0 aromatic rings. The van der Waals surface area contributed by atoms with Gasteiger partial charge in [-0.25, -0.2) is 0 Å². The molecular formula is C9H17O2. The van der Waals surface area contributed by atoms with E-state index in [2.05, 4.69) is 6.92 Å². The maximum absolute atomic E-state index is 10.8. The van der Waals surface area contributed by atoms with Crippen LogP contribution in [0.25, 0.3) is 0 Å². The van der Waals surface area contributed by atoms with Gasteiger partial charge in [0.2, 0.25) is 0 Å². The van der Waals surface area contributed by atoms with Crippen molar-refractivity contribution >= 4 is 5.97 Å². The second-order valence-electron chi connectivity index (χ2n) is 2.55. The topological polar surface area (TPSA) is 26.3 Å². The molecule has 1 radical (unpaired) electrons. The summed E-state index contributed by atoms with van der Waals surface area (Å²) in [5.41, 5.74) is 0. The molecule has 0 bridgehead atoms. The quantitative estimate of drug-likeness (QED) is 0.437. The molecule has 0 saturated heterocycles. The Labute approximate surface area is 68.9 Å². The van der Waals surface area contributed by atoms with Crippen LogP contribution in [0.2, 0.25) is 0 Å². The van der Waals surface area contributed by atoms with Gasteiger partial charge in [0.05, 0.1) is 0 Å². The number of carbonyl (C=O) groups is 1. The molecule has 65 valence electrons. The summed E-state index contributed by atoms with van der Waals surface area (Å²) in [6.07, 6.45) is 4.51. The van der Waals surface area contributed by atoms with E-state index >= 15 is 0 Å². The summed E-state index contributed by atoms with van der Waals surface area (Å²) in [7, 11) is 0. The van der Waals surface area contributed by atoms with Crippen molar-refractivity contribution in [3.63, 3.8) is 0 Å². The monoisotopic (exact) mass is 157 g/mol. The van der Waals surface area contributed by atoms with Crippen molar-refractivity contribution in [3.05, 3.63) is 6.61 Å². The molecule has 2 heteroatoms. The molecular weight excluding hydrogens is 140 g/mol. The van der Waals surface area contributed by atoms with Crippen molar-refractivity contribution in [1.82, 2.24) is 0 Å². The van der Waals surface area contributed by atoms with Crippen LogP contribution < -0.4 is 0 Å². The summed E-state index contributed by atoms with van der Waals surface area (Å²) in [6, 6.07) is 0. The van der Waals surface area contributed by atoms with Gasteiger partial charge in [-0.2, -0.15) is 0 Å². The second kappa shape index (κ2) is 7.58. The predicted octanol–water partition coefficient (Wildman–Crippen LogP) is 2.68. The molecule has 0 aromatic heterocycles. The van der Waals surface area contributed by atoms with Gasteiger partial charge >= 0.3 is 5.97 Å². The zero-order valence-electron chi connectivity index (χ0n) is 7.43. The number of hydrogen-bond donors (Lipinski definition) is 0. The minimum Gasteiger partial charge on any atom is -0.458 e. The lowest BCUT2D eigenvalue weighted by molar-refractivity contribution is -0.140. The standard InChI is InChI=1S/C9H17O2/c1-3-5-6-8-11-9(10)7-4-2/h8H,3-7H2,1-2H3. The first-order valence-corrected chi connectivity index (χ1v) is 4.32. The van der Waals surface area contributed by atoms with E-state index in [1.54, 1.807) is 6.61 Å². The van der Waals surface area contributed by atoms with Gasteiger partial charge < -0.3 is 4.74 Å². The van der Waals surface area contributed by atoms with Crippen molar-refractivity contribution in [2.24, 2.45) is 0 Å². The molecule has 0 aliphatic heterocycles. The number of carbonyl (C=O) groups excluding carboxylic acids is 1. The predicted molar refractivity (Wildman–Crippen MR) is 44.8 cm³/mol. The van der Waals surface area contributed by atoms with Crippen LogP contribution in [-0.2, 0) is 9.53 Å². The smallest absolute Gasteiger partial charge is 0.306 e. The van der Waals surface area contributed by atoms with Crippen molar-refractivity contribution < 1.29 is 9.53 Å². The number of hydrogen-bond acceptors (Lipinski definition) is 2. The number of rotatable bonds is 6. The first kappa shape index (κ1) is 10.5. The maximum atomic E-state index is 10.8. The third-order valence-corrected chi connectivity index (χ3v) is 1.34. The van der Waals surface area contributed by atoms with Crippen molar-refractivity contribution in [2.75, 3.05) is 0 Å². The summed E-state index contributed by atoms with van der Waals surface area (Å²) in [6.45, 7) is 5.69. The summed E-state index contributed by atoms with van der Waals surface area (Å²) in [5, 5.41) is 0. The molecule has 0 aromatic carbocycles. The molecule has 0 spiro atoms. The van der Waals surface area contributed by atoms with Crippen LogP contribution in [0, 0.1) is 6.61 Å². The summed E-state index contributed by atoms with van der Waals surface area (Å²) < 4.78 is 4.82. The van der Waals surface area contributed by atoms with Gasteiger partial charge in [0.25, 0.3) is 0 Å². The lowest BCUT2D eigenvalue weighted by atomic mass is 10.3. The third-order valence-electron chi connectivity index (χ3n) is 1.34. The van der Waals surface area contributed by atoms with Crippen molar-refractivity contribution in [3.8, 4) is 0 Å². The van der Waals surface area contributed by atoms with E-state index in [1.165, 1.54) is 0 Å². The minimum absolute atomic E-state index is 0.108. The van der Waals surface area contributed by atoms with E-state index in [0.29, 0.717) is 6.42 Å². The highest BCUT2D eigenvalue weighted by Gasteiger charge is 1.99. The van der Waals surface area contributed by atoms with Crippen molar-refractivity contribution in [1.29, 1.82) is 0 Å². The fraction of sp³-hybridized carbons (Fsp3) is 0.778. The first-order chi connectivity index (χ1) is 5.31. The zero-order valence-corrected chi connectivity index (χ0v) is 7.43. The van der Waals surface area contributed by atoms with E-state index in [1.807, 2.05) is 6.92 Å². The molecule has 2 nitrogen and oxygen atoms in total. The Balaban J connectivity index is 3.04. The summed E-state index contributed by atoms with van der Waals surface area (Å²) >= 11 is 0. The van der Waals surface area contributed by atoms with Crippen LogP contribution in [0.15, 0.2) is 0 Å². The molecule has 0 atom stereocenters. The van der Waals surface area contributed by atoms with Gasteiger partial charge in [-0.05, 0) is 19.3 Å². The Morgan fingerprint density at radius 3 is 2.64 bits per heavy atom. The Morgan fingerprint density at radius 1 is 1.36 bits per heavy atom. The van der Waals surface area contributed by atoms with Crippen LogP contribution in [0.4, 0.5) is 0 Å². The Bertz CT molecular complexity index is 99.7. The maximum Gasteiger partial charge on any atom is 0.306 e. The average Bonchev–Trinajstić information content (AvgIpc) is 1.99. The first-order valence-electron chi connectivity index (χ1n) is 4.32. The fourth-order valence-corrected chi connectivity index (χ4v) is 0.702. The molecule has 0 heterocycles. The molecule has 0 unspecified atom stereocenters. The fourth-order valence-electron chi connectivity index (χ4n) is 0.702. The van der Waals surface area contributed by atoms with E-state index < -0.39 is 0 Å². The van der Waals surface area contributed by atoms with Gasteiger partial charge in [0.1, 0.15) is 6.61 Å². The van der Waals surface area contributed by atoms with E-state index in [4.69, 9.17) is 4.74 Å². The number of unbranched alkanes of at least 4 members (excludes halogenated alkanes) is 2. The summed E-state index contributed by atoms with van der Waals surface area (Å²) in [5.74, 6) is -0.108. The van der Waals surface area contributed by atoms with Gasteiger partial charge in [0.15, 0.2) is 0 Å². The molecule has 0 amide bonds. The van der Waals surface area contributed by atoms with Crippen LogP contribution in [0.5, 0.6) is 0 Å². The third kappa shape index (κ3) is 7.37. The SMILES string of the molecule is CCCC[CH]OC(=O)CCC. The Kier molecular flexibility index (Phi) is 7.21. The molecule has 0 fully saturated rings. The van der Waals surface area contributed by atoms with Gasteiger partial charge in [-0.1, -0.05) is 20.3 Å². The lowest BCUT2D eigenvalue weighted by Crippen LogP contribution is -2.00. The van der Waals surface area contributed by atoms with Gasteiger partial charge in [-0.15, -0.1) is 0 Å². The van der Waals surface area contributed by atoms with Gasteiger partial charge in [-0.3, -0.25) is 4.79 Å². The normalized spacial score (nSPS) is 9.64. The highest BCUT2D eigenvalue weighted by Crippen LogP contribution is 2.00. The van der Waals surface area contributed by atoms with Gasteiger partial charge in [0, 0.05) is 6.42 Å². The van der Waals surface area contributed by atoms with Crippen molar-refractivity contribution in [2.45, 2.75) is 46.0 Å². The second-order valence-corrected chi connectivity index (χ2v) is 2.55. The van der Waals surface area contributed by atoms with E-state index in [0.717, 1.165) is 25.7 Å². The van der Waals surface area contributed by atoms with E-state index in [9.17, 15) is 4.79 Å². The molecule has 0 aliphatic carbocycles. The van der Waals surface area contributed by atoms with E-state index in [-0.39, 0.29) is 5.97 Å². The highest BCUT2D eigenvalue weighted by atomic mass is 16.5. The summed E-state index contributed by atoms with van der Waals surface area (Å²) in [4.78, 5) is 10.8. The molecule has 0 N–H and O–H groups in total. The van der Waals surface area contributed by atoms with Crippen LogP contribution in [0.1, 0.15) is 46.0 Å². The number of esters is 1. The average molecular weight is 157 g/mol. The Hall–Kier alpha value is -0.530. The molecule has 0 aliphatic rings. The van der Waals surface area contributed by atoms with Crippen LogP contribution >= 0.6 is 0 Å². The zero-order chi connectivity index (χ0) is 8.53. The Morgan fingerprint density at radius 2 is 2.09 bits per heavy atom.